The Morgan fingerprint density at radius 2 is 2.00 bits per heavy atom. The molecule has 0 aliphatic carbocycles. The van der Waals surface area contributed by atoms with E-state index < -0.39 is 0 Å². The Bertz CT molecular complexity index is 300. The van der Waals surface area contributed by atoms with Crippen LogP contribution in [0.4, 0.5) is 0 Å². The molecule has 0 saturated carbocycles. The largest absolute Gasteiger partial charge is 0.378 e. The van der Waals surface area contributed by atoms with Gasteiger partial charge in [-0.3, -0.25) is 4.79 Å². The minimum absolute atomic E-state index is 0.119. The maximum Gasteiger partial charge on any atom is 0.222 e. The molecular formula is C16H31N3O2. The Hall–Kier alpha value is -0.650. The van der Waals surface area contributed by atoms with Gasteiger partial charge in [0.05, 0.1) is 12.7 Å². The Morgan fingerprint density at radius 1 is 1.29 bits per heavy atom. The van der Waals surface area contributed by atoms with Gasteiger partial charge >= 0.3 is 0 Å². The summed E-state index contributed by atoms with van der Waals surface area (Å²) < 4.78 is 5.77. The van der Waals surface area contributed by atoms with Crippen LogP contribution in [0.5, 0.6) is 0 Å². The average molecular weight is 297 g/mol. The fraction of sp³-hybridized carbons (Fsp3) is 0.938. The third kappa shape index (κ3) is 6.76. The molecule has 2 N–H and O–H groups in total. The molecule has 0 aromatic rings. The summed E-state index contributed by atoms with van der Waals surface area (Å²) in [7, 11) is 0. The number of carbonyl (C=O) groups excluding carboxylic acids is 1. The summed E-state index contributed by atoms with van der Waals surface area (Å²) in [5, 5.41) is 6.41. The number of carbonyl (C=O) groups is 1. The zero-order chi connectivity index (χ0) is 14.9. The van der Waals surface area contributed by atoms with E-state index >= 15 is 0 Å². The molecule has 1 unspecified atom stereocenters. The van der Waals surface area contributed by atoms with Gasteiger partial charge in [0.1, 0.15) is 0 Å². The van der Waals surface area contributed by atoms with E-state index in [1.54, 1.807) is 0 Å². The van der Waals surface area contributed by atoms with Gasteiger partial charge in [-0.2, -0.15) is 0 Å². The molecule has 2 aliphatic heterocycles. The average Bonchev–Trinajstić information content (AvgIpc) is 2.49. The molecule has 5 heteroatoms. The summed E-state index contributed by atoms with van der Waals surface area (Å²) >= 11 is 0. The molecule has 0 radical (unpaired) electrons. The van der Waals surface area contributed by atoms with E-state index in [0.29, 0.717) is 19.1 Å². The number of ether oxygens (including phenoxy) is 1. The first-order valence-electron chi connectivity index (χ1n) is 8.58. The molecule has 2 rings (SSSR count). The second kappa shape index (κ2) is 9.38. The lowest BCUT2D eigenvalue weighted by molar-refractivity contribution is -0.123. The summed E-state index contributed by atoms with van der Waals surface area (Å²) in [6.45, 7) is 8.04. The van der Waals surface area contributed by atoms with E-state index in [9.17, 15) is 4.79 Å². The number of likely N-dealkylation sites (tertiary alicyclic amines) is 1. The van der Waals surface area contributed by atoms with Crippen LogP contribution in [0.2, 0.25) is 0 Å². The first kappa shape index (κ1) is 16.7. The fourth-order valence-corrected chi connectivity index (χ4v) is 3.20. The summed E-state index contributed by atoms with van der Waals surface area (Å²) in [6, 6.07) is 0.231. The number of hydrogen-bond acceptors (Lipinski definition) is 4. The minimum Gasteiger partial charge on any atom is -0.378 e. The molecule has 2 fully saturated rings. The minimum atomic E-state index is 0.119. The zero-order valence-corrected chi connectivity index (χ0v) is 13.4. The second-order valence-corrected chi connectivity index (χ2v) is 6.40. The second-order valence-electron chi connectivity index (χ2n) is 6.40. The first-order valence-corrected chi connectivity index (χ1v) is 8.58. The van der Waals surface area contributed by atoms with Crippen molar-refractivity contribution in [3.05, 3.63) is 0 Å². The number of nitrogens with zero attached hydrogens (tertiary/aromatic N) is 1. The summed E-state index contributed by atoms with van der Waals surface area (Å²) in [5.74, 6) is 0.119. The highest BCUT2D eigenvalue weighted by Crippen LogP contribution is 2.09. The first-order chi connectivity index (χ1) is 10.2. The molecular weight excluding hydrogens is 266 g/mol. The third-order valence-electron chi connectivity index (χ3n) is 4.36. The van der Waals surface area contributed by atoms with Crippen LogP contribution >= 0.6 is 0 Å². The molecule has 5 nitrogen and oxygen atoms in total. The molecule has 0 aromatic heterocycles. The number of amides is 1. The van der Waals surface area contributed by atoms with Crippen LogP contribution in [-0.4, -0.2) is 62.3 Å². The quantitative estimate of drug-likeness (QED) is 0.740. The highest BCUT2D eigenvalue weighted by Gasteiger charge is 2.16. The summed E-state index contributed by atoms with van der Waals surface area (Å²) in [5.41, 5.74) is 0. The van der Waals surface area contributed by atoms with Crippen molar-refractivity contribution in [3.63, 3.8) is 0 Å². The smallest absolute Gasteiger partial charge is 0.222 e. The van der Waals surface area contributed by atoms with Crippen molar-refractivity contribution >= 4 is 5.91 Å². The molecule has 2 aliphatic rings. The van der Waals surface area contributed by atoms with Crippen LogP contribution < -0.4 is 10.6 Å². The number of rotatable bonds is 7. The Labute approximate surface area is 128 Å². The standard InChI is InChI=1S/C16H31N3O2/c1-14(13-19-10-3-2-4-11-19)18-16(20)7-12-21-15-5-8-17-9-6-15/h14-15,17H,2-13H2,1H3,(H,18,20). The van der Waals surface area contributed by atoms with Gasteiger partial charge < -0.3 is 20.3 Å². The van der Waals surface area contributed by atoms with E-state index in [4.69, 9.17) is 4.74 Å². The maximum absolute atomic E-state index is 11.9. The zero-order valence-electron chi connectivity index (χ0n) is 13.4. The predicted molar refractivity (Wildman–Crippen MR) is 84.4 cm³/mol. The SMILES string of the molecule is CC(CN1CCCCC1)NC(=O)CCOC1CCNCC1. The van der Waals surface area contributed by atoms with Gasteiger partial charge in [-0.15, -0.1) is 0 Å². The molecule has 0 bridgehead atoms. The van der Waals surface area contributed by atoms with Crippen LogP contribution in [0.3, 0.4) is 0 Å². The summed E-state index contributed by atoms with van der Waals surface area (Å²) in [6.07, 6.45) is 6.89. The normalized spacial score (nSPS) is 22.9. The summed E-state index contributed by atoms with van der Waals surface area (Å²) in [4.78, 5) is 14.4. The van der Waals surface area contributed by atoms with E-state index in [0.717, 1.165) is 32.5 Å². The molecule has 122 valence electrons. The maximum atomic E-state index is 11.9. The van der Waals surface area contributed by atoms with E-state index in [2.05, 4.69) is 22.5 Å². The Balaban J connectivity index is 1.53. The van der Waals surface area contributed by atoms with E-state index in [1.165, 1.54) is 32.4 Å². The van der Waals surface area contributed by atoms with Crippen LogP contribution in [0.25, 0.3) is 0 Å². The van der Waals surface area contributed by atoms with Crippen molar-refractivity contribution in [2.45, 2.75) is 57.6 Å². The molecule has 0 spiro atoms. The Kier molecular flexibility index (Phi) is 7.47. The molecule has 2 heterocycles. The molecule has 0 aromatic carbocycles. The molecule has 1 atom stereocenters. The number of piperidine rings is 2. The predicted octanol–water partition coefficient (Wildman–Crippen LogP) is 1.14. The van der Waals surface area contributed by atoms with Crippen molar-refractivity contribution in [1.82, 2.24) is 15.5 Å². The fourth-order valence-electron chi connectivity index (χ4n) is 3.20. The lowest BCUT2D eigenvalue weighted by Crippen LogP contribution is -2.44. The van der Waals surface area contributed by atoms with Crippen LogP contribution in [0.1, 0.15) is 45.4 Å². The van der Waals surface area contributed by atoms with Gasteiger partial charge in [0, 0.05) is 19.0 Å². The van der Waals surface area contributed by atoms with Crippen molar-refractivity contribution in [1.29, 1.82) is 0 Å². The van der Waals surface area contributed by atoms with Gasteiger partial charge in [0.2, 0.25) is 5.91 Å². The third-order valence-corrected chi connectivity index (χ3v) is 4.36. The van der Waals surface area contributed by atoms with Crippen LogP contribution in [0.15, 0.2) is 0 Å². The highest BCUT2D eigenvalue weighted by atomic mass is 16.5. The lowest BCUT2D eigenvalue weighted by atomic mass is 10.1. The van der Waals surface area contributed by atoms with E-state index in [-0.39, 0.29) is 11.9 Å². The van der Waals surface area contributed by atoms with Gasteiger partial charge in [-0.25, -0.2) is 0 Å². The van der Waals surface area contributed by atoms with Gasteiger partial charge in [-0.1, -0.05) is 6.42 Å². The van der Waals surface area contributed by atoms with Crippen LogP contribution in [0, 0.1) is 0 Å². The Morgan fingerprint density at radius 3 is 2.71 bits per heavy atom. The number of hydrogen-bond donors (Lipinski definition) is 2. The van der Waals surface area contributed by atoms with Gasteiger partial charge in [0.15, 0.2) is 0 Å². The molecule has 2 saturated heterocycles. The molecule has 1 amide bonds. The van der Waals surface area contributed by atoms with Crippen molar-refractivity contribution in [3.8, 4) is 0 Å². The van der Waals surface area contributed by atoms with Crippen molar-refractivity contribution < 1.29 is 9.53 Å². The van der Waals surface area contributed by atoms with Crippen LogP contribution in [-0.2, 0) is 9.53 Å². The molecule has 21 heavy (non-hydrogen) atoms. The van der Waals surface area contributed by atoms with Gasteiger partial charge in [-0.05, 0) is 58.8 Å². The van der Waals surface area contributed by atoms with Gasteiger partial charge in [0.25, 0.3) is 0 Å². The number of nitrogens with one attached hydrogen (secondary N) is 2. The van der Waals surface area contributed by atoms with E-state index in [1.807, 2.05) is 0 Å². The topological polar surface area (TPSA) is 53.6 Å². The monoisotopic (exact) mass is 297 g/mol. The van der Waals surface area contributed by atoms with Crippen molar-refractivity contribution in [2.24, 2.45) is 0 Å². The highest BCUT2D eigenvalue weighted by molar-refractivity contribution is 5.76. The lowest BCUT2D eigenvalue weighted by Gasteiger charge is -2.29. The van der Waals surface area contributed by atoms with Crippen molar-refractivity contribution in [2.75, 3.05) is 39.3 Å².